The van der Waals surface area contributed by atoms with Gasteiger partial charge in [-0.3, -0.25) is 9.32 Å². The Labute approximate surface area is 86.0 Å². The minimum absolute atomic E-state index is 0.302. The largest absolute Gasteiger partial charge is 0.469 e. The first kappa shape index (κ1) is 14.2. The lowest BCUT2D eigenvalue weighted by atomic mass is 10.3. The number of phosphoric acid groups is 1. The maximum atomic E-state index is 11.0. The molecule has 2 atom stereocenters. The number of hydrogen-bond donors (Lipinski definition) is 4. The summed E-state index contributed by atoms with van der Waals surface area (Å²) in [6.45, 7) is 0.799. The molecule has 0 unspecified atom stereocenters. The van der Waals surface area contributed by atoms with Crippen LogP contribution < -0.4 is 11.1 Å². The quantitative estimate of drug-likeness (QED) is 0.315. The Kier molecular flexibility index (Phi) is 5.63. The first-order valence-corrected chi connectivity index (χ1v) is 5.50. The average Bonchev–Trinajstić information content (AvgIpc) is 2.10. The number of nitrogens with two attached hydrogens (primary N) is 1. The number of carbonyl (C=O) groups is 2. The third-order valence-electron chi connectivity index (χ3n) is 1.33. The zero-order valence-electron chi connectivity index (χ0n) is 7.99. The van der Waals surface area contributed by atoms with Crippen molar-refractivity contribution in [2.75, 3.05) is 6.61 Å². The highest BCUT2D eigenvalue weighted by Crippen LogP contribution is 2.35. The second kappa shape index (κ2) is 5.94. The summed E-state index contributed by atoms with van der Waals surface area (Å²) in [6, 6.07) is -1.95. The van der Waals surface area contributed by atoms with E-state index in [4.69, 9.17) is 15.5 Å². The lowest BCUT2D eigenvalue weighted by Crippen LogP contribution is -2.46. The summed E-state index contributed by atoms with van der Waals surface area (Å²) in [5.74, 6) is -0.610. The molecule has 1 amide bonds. The number of amides is 1. The molecule has 0 aliphatic heterocycles. The van der Waals surface area contributed by atoms with Crippen LogP contribution in [0.25, 0.3) is 0 Å². The van der Waals surface area contributed by atoms with Crippen LogP contribution in [-0.4, -0.2) is 40.7 Å². The van der Waals surface area contributed by atoms with Crippen molar-refractivity contribution in [3.63, 3.8) is 0 Å². The molecule has 5 N–H and O–H groups in total. The molecule has 0 rings (SSSR count). The van der Waals surface area contributed by atoms with Crippen molar-refractivity contribution >= 4 is 20.0 Å². The Hall–Kier alpha value is -0.790. The Bertz CT molecular complexity index is 275. The van der Waals surface area contributed by atoms with E-state index in [2.05, 4.69) is 9.84 Å². The van der Waals surface area contributed by atoms with Crippen molar-refractivity contribution in [2.24, 2.45) is 5.73 Å². The maximum absolute atomic E-state index is 11.0. The molecule has 9 heteroatoms. The maximum Gasteiger partial charge on any atom is 0.469 e. The molecular weight excluding hydrogens is 227 g/mol. The zero-order chi connectivity index (χ0) is 12.1. The van der Waals surface area contributed by atoms with Gasteiger partial charge in [0.15, 0.2) is 0 Å². The summed E-state index contributed by atoms with van der Waals surface area (Å²) in [5.41, 5.74) is 5.20. The van der Waals surface area contributed by atoms with Gasteiger partial charge in [-0.2, -0.15) is 0 Å². The number of hydrogen-bond acceptors (Lipinski definition) is 5. The molecular formula is C6H13N2O6P. The summed E-state index contributed by atoms with van der Waals surface area (Å²) in [5, 5.41) is 2.14. The van der Waals surface area contributed by atoms with Crippen LogP contribution >= 0.6 is 7.82 Å². The van der Waals surface area contributed by atoms with Gasteiger partial charge in [0.1, 0.15) is 12.3 Å². The van der Waals surface area contributed by atoms with Crippen molar-refractivity contribution in [3.05, 3.63) is 0 Å². The van der Waals surface area contributed by atoms with Crippen molar-refractivity contribution in [3.8, 4) is 0 Å². The van der Waals surface area contributed by atoms with Crippen LogP contribution in [0.5, 0.6) is 0 Å². The Morgan fingerprint density at radius 2 is 2.20 bits per heavy atom. The zero-order valence-corrected chi connectivity index (χ0v) is 8.89. The highest BCUT2D eigenvalue weighted by atomic mass is 31.2. The van der Waals surface area contributed by atoms with Crippen LogP contribution in [0.1, 0.15) is 6.92 Å². The van der Waals surface area contributed by atoms with Gasteiger partial charge in [-0.05, 0) is 6.92 Å². The summed E-state index contributed by atoms with van der Waals surface area (Å²) in [4.78, 5) is 38.1. The Balaban J connectivity index is 4.10. The van der Waals surface area contributed by atoms with E-state index in [1.54, 1.807) is 0 Å². The molecule has 0 aromatic carbocycles. The number of aldehydes is 1. The number of nitrogens with one attached hydrogen (secondary N) is 1. The van der Waals surface area contributed by atoms with Crippen LogP contribution in [-0.2, 0) is 18.7 Å². The van der Waals surface area contributed by atoms with Crippen molar-refractivity contribution in [2.45, 2.75) is 19.0 Å². The molecule has 0 aromatic heterocycles. The molecule has 0 saturated heterocycles. The highest BCUT2D eigenvalue weighted by Gasteiger charge is 2.20. The molecule has 0 spiro atoms. The van der Waals surface area contributed by atoms with Gasteiger partial charge >= 0.3 is 7.82 Å². The third-order valence-corrected chi connectivity index (χ3v) is 1.81. The summed E-state index contributed by atoms with van der Waals surface area (Å²) >= 11 is 0. The molecule has 0 aromatic rings. The molecule has 0 aliphatic carbocycles. The molecule has 15 heavy (non-hydrogen) atoms. The topological polar surface area (TPSA) is 139 Å². The first-order chi connectivity index (χ1) is 6.76. The number of carbonyl (C=O) groups excluding carboxylic acids is 2. The van der Waals surface area contributed by atoms with Crippen LogP contribution in [0.2, 0.25) is 0 Å². The van der Waals surface area contributed by atoms with E-state index in [0.29, 0.717) is 6.29 Å². The summed E-state index contributed by atoms with van der Waals surface area (Å²) in [7, 11) is -4.64. The predicted molar refractivity (Wildman–Crippen MR) is 49.6 cm³/mol. The fourth-order valence-electron chi connectivity index (χ4n) is 0.607. The standard InChI is InChI=1S/C6H13N2O6P/c1-4(7)6(10)8-5(2-9)3-14-15(11,12)13/h2,4-5H,3,7H2,1H3,(H,8,10)(H2,11,12,13)/t4-,5+/m0/s1. The minimum Gasteiger partial charge on any atom is -0.343 e. The van der Waals surface area contributed by atoms with Gasteiger partial charge in [0.05, 0.1) is 12.6 Å². The van der Waals surface area contributed by atoms with E-state index >= 15 is 0 Å². The fourth-order valence-corrected chi connectivity index (χ4v) is 0.961. The van der Waals surface area contributed by atoms with Crippen LogP contribution in [0, 0.1) is 0 Å². The monoisotopic (exact) mass is 240 g/mol. The fraction of sp³-hybridized carbons (Fsp3) is 0.667. The summed E-state index contributed by atoms with van der Waals surface area (Å²) in [6.07, 6.45) is 0.302. The summed E-state index contributed by atoms with van der Waals surface area (Å²) < 4.78 is 14.3. The van der Waals surface area contributed by atoms with E-state index in [1.165, 1.54) is 6.92 Å². The third kappa shape index (κ3) is 7.18. The van der Waals surface area contributed by atoms with Crippen LogP contribution in [0.3, 0.4) is 0 Å². The van der Waals surface area contributed by atoms with Gasteiger partial charge in [-0.25, -0.2) is 4.57 Å². The molecule has 8 nitrogen and oxygen atoms in total. The minimum atomic E-state index is -4.64. The van der Waals surface area contributed by atoms with E-state index in [1.807, 2.05) is 0 Å². The smallest absolute Gasteiger partial charge is 0.343 e. The number of rotatable bonds is 6. The second-order valence-corrected chi connectivity index (χ2v) is 4.07. The molecule has 88 valence electrons. The van der Waals surface area contributed by atoms with Gasteiger partial charge in [-0.1, -0.05) is 0 Å². The highest BCUT2D eigenvalue weighted by molar-refractivity contribution is 7.46. The van der Waals surface area contributed by atoms with E-state index in [0.717, 1.165) is 0 Å². The van der Waals surface area contributed by atoms with Crippen LogP contribution in [0.15, 0.2) is 0 Å². The van der Waals surface area contributed by atoms with Crippen molar-refractivity contribution in [1.29, 1.82) is 0 Å². The second-order valence-electron chi connectivity index (χ2n) is 2.83. The molecule has 0 bridgehead atoms. The molecule has 0 saturated carbocycles. The van der Waals surface area contributed by atoms with Gasteiger partial charge in [0.25, 0.3) is 0 Å². The van der Waals surface area contributed by atoms with E-state index < -0.39 is 32.4 Å². The van der Waals surface area contributed by atoms with E-state index in [-0.39, 0.29) is 0 Å². The normalized spacial score (nSPS) is 15.5. The van der Waals surface area contributed by atoms with Crippen molar-refractivity contribution in [1.82, 2.24) is 5.32 Å². The Morgan fingerprint density at radius 1 is 1.67 bits per heavy atom. The predicted octanol–water partition coefficient (Wildman–Crippen LogP) is -1.87. The lowest BCUT2D eigenvalue weighted by Gasteiger charge is -2.14. The van der Waals surface area contributed by atoms with Gasteiger partial charge < -0.3 is 25.6 Å². The molecule has 0 heterocycles. The molecule has 0 fully saturated rings. The van der Waals surface area contributed by atoms with Gasteiger partial charge in [0, 0.05) is 0 Å². The molecule has 0 aliphatic rings. The molecule has 0 radical (unpaired) electrons. The van der Waals surface area contributed by atoms with Gasteiger partial charge in [0.2, 0.25) is 5.91 Å². The van der Waals surface area contributed by atoms with Gasteiger partial charge in [-0.15, -0.1) is 0 Å². The Morgan fingerprint density at radius 3 is 2.53 bits per heavy atom. The van der Waals surface area contributed by atoms with Crippen molar-refractivity contribution < 1.29 is 28.5 Å². The SMILES string of the molecule is C[C@H](N)C(=O)N[C@H](C=O)COP(=O)(O)O. The lowest BCUT2D eigenvalue weighted by molar-refractivity contribution is -0.125. The number of phosphoric ester groups is 1. The van der Waals surface area contributed by atoms with E-state index in [9.17, 15) is 14.2 Å². The first-order valence-electron chi connectivity index (χ1n) is 3.97. The average molecular weight is 240 g/mol. The van der Waals surface area contributed by atoms with Crippen LogP contribution in [0.4, 0.5) is 0 Å².